The highest BCUT2D eigenvalue weighted by molar-refractivity contribution is 9.10. The number of aromatic nitrogens is 2. The lowest BCUT2D eigenvalue weighted by atomic mass is 10.0. The molecular weight excluding hydrogens is 450 g/mol. The van der Waals surface area contributed by atoms with E-state index >= 15 is 0 Å². The van der Waals surface area contributed by atoms with E-state index in [9.17, 15) is 9.59 Å². The van der Waals surface area contributed by atoms with Crippen molar-refractivity contribution in [1.29, 1.82) is 0 Å². The van der Waals surface area contributed by atoms with Gasteiger partial charge in [-0.1, -0.05) is 22.0 Å². The van der Waals surface area contributed by atoms with Gasteiger partial charge in [-0.3, -0.25) is 14.2 Å². The summed E-state index contributed by atoms with van der Waals surface area (Å²) in [7, 11) is 0. The highest BCUT2D eigenvalue weighted by atomic mass is 79.9. The minimum atomic E-state index is -0.218. The third kappa shape index (κ3) is 3.45. The number of rotatable bonds is 3. The van der Waals surface area contributed by atoms with Crippen LogP contribution in [-0.2, 0) is 11.3 Å². The third-order valence-corrected chi connectivity index (χ3v) is 6.11. The first-order valence-electron chi connectivity index (χ1n) is 9.94. The summed E-state index contributed by atoms with van der Waals surface area (Å²) in [6.07, 6.45) is 3.25. The van der Waals surface area contributed by atoms with Crippen molar-refractivity contribution in [3.63, 3.8) is 0 Å². The lowest BCUT2D eigenvalue weighted by molar-refractivity contribution is -0.132. The minimum Gasteiger partial charge on any atom is -0.486 e. The molecule has 1 atom stereocenters. The van der Waals surface area contributed by atoms with Crippen molar-refractivity contribution in [3.05, 3.63) is 63.1 Å². The molecule has 5 rings (SSSR count). The Balaban J connectivity index is 1.40. The number of ether oxygens (including phenoxy) is 2. The zero-order valence-corrected chi connectivity index (χ0v) is 17.8. The fraction of sp³-hybridized carbons (Fsp3) is 0.318. The number of amides is 1. The molecule has 1 amide bonds. The van der Waals surface area contributed by atoms with Crippen LogP contribution < -0.4 is 15.0 Å². The molecule has 0 aliphatic carbocycles. The topological polar surface area (TPSA) is 73.7 Å². The Labute approximate surface area is 181 Å². The van der Waals surface area contributed by atoms with Crippen LogP contribution in [0.4, 0.5) is 0 Å². The van der Waals surface area contributed by atoms with E-state index in [0.29, 0.717) is 30.7 Å². The summed E-state index contributed by atoms with van der Waals surface area (Å²) in [5, 5.41) is 0.490. The number of carbonyl (C=O) groups is 1. The zero-order valence-electron chi connectivity index (χ0n) is 16.2. The van der Waals surface area contributed by atoms with Gasteiger partial charge in [-0.15, -0.1) is 0 Å². The van der Waals surface area contributed by atoms with Crippen molar-refractivity contribution in [2.24, 2.45) is 0 Å². The second kappa shape index (κ2) is 7.75. The van der Waals surface area contributed by atoms with Crippen molar-refractivity contribution >= 4 is 32.7 Å². The molecule has 1 fully saturated rings. The summed E-state index contributed by atoms with van der Waals surface area (Å²) in [4.78, 5) is 32.1. The lowest BCUT2D eigenvalue weighted by Gasteiger charge is -2.27. The molecule has 2 aliphatic heterocycles. The fourth-order valence-corrected chi connectivity index (χ4v) is 4.52. The van der Waals surface area contributed by atoms with Crippen molar-refractivity contribution in [1.82, 2.24) is 14.5 Å². The molecule has 2 aliphatic rings. The van der Waals surface area contributed by atoms with Crippen molar-refractivity contribution in [2.75, 3.05) is 19.8 Å². The van der Waals surface area contributed by atoms with Crippen LogP contribution in [0.2, 0.25) is 0 Å². The number of benzene rings is 2. The first kappa shape index (κ1) is 19.1. The Hall–Kier alpha value is -2.87. The highest BCUT2D eigenvalue weighted by Gasteiger charge is 2.31. The Morgan fingerprint density at radius 2 is 1.97 bits per heavy atom. The highest BCUT2D eigenvalue weighted by Crippen LogP contribution is 2.38. The molecule has 0 saturated carbocycles. The summed E-state index contributed by atoms with van der Waals surface area (Å²) in [6, 6.07) is 11.2. The molecule has 7 nitrogen and oxygen atoms in total. The maximum Gasteiger partial charge on any atom is 0.261 e. The first-order valence-corrected chi connectivity index (χ1v) is 10.7. The molecule has 0 radical (unpaired) electrons. The predicted molar refractivity (Wildman–Crippen MR) is 115 cm³/mol. The Morgan fingerprint density at radius 1 is 1.13 bits per heavy atom. The number of hydrogen-bond acceptors (Lipinski definition) is 5. The number of carbonyl (C=O) groups excluding carboxylic acids is 1. The average molecular weight is 470 g/mol. The van der Waals surface area contributed by atoms with Gasteiger partial charge in [-0.05, 0) is 48.7 Å². The number of nitrogens with zero attached hydrogens (tertiary/aromatic N) is 3. The van der Waals surface area contributed by atoms with Crippen LogP contribution in [0.5, 0.6) is 11.5 Å². The van der Waals surface area contributed by atoms with Gasteiger partial charge in [0.05, 0.1) is 23.3 Å². The SMILES string of the molecule is O=C(Cn1cnc2ccc(Br)cc2c1=O)N1CCC[C@H]1c1ccc2c(c1)OCCO2. The van der Waals surface area contributed by atoms with Gasteiger partial charge < -0.3 is 14.4 Å². The maximum atomic E-state index is 13.1. The van der Waals surface area contributed by atoms with Crippen LogP contribution >= 0.6 is 15.9 Å². The quantitative estimate of drug-likeness (QED) is 0.588. The molecule has 8 heteroatoms. The van der Waals surface area contributed by atoms with Gasteiger partial charge in [0, 0.05) is 11.0 Å². The smallest absolute Gasteiger partial charge is 0.261 e. The molecule has 3 aromatic rings. The van der Waals surface area contributed by atoms with Crippen LogP contribution in [0.1, 0.15) is 24.4 Å². The molecule has 0 bridgehead atoms. The molecule has 154 valence electrons. The molecule has 1 aromatic heterocycles. The van der Waals surface area contributed by atoms with Crippen LogP contribution in [0.15, 0.2) is 52.0 Å². The molecule has 1 saturated heterocycles. The van der Waals surface area contributed by atoms with Gasteiger partial charge in [0.15, 0.2) is 11.5 Å². The summed E-state index contributed by atoms with van der Waals surface area (Å²) < 4.78 is 13.5. The number of fused-ring (bicyclic) bond motifs is 2. The Kier molecular flexibility index (Phi) is 4.94. The summed E-state index contributed by atoms with van der Waals surface area (Å²) in [5.74, 6) is 1.37. The lowest BCUT2D eigenvalue weighted by Crippen LogP contribution is -2.36. The first-order chi connectivity index (χ1) is 14.6. The predicted octanol–water partition coefficient (Wildman–Crippen LogP) is 3.29. The molecule has 0 unspecified atom stereocenters. The zero-order chi connectivity index (χ0) is 20.7. The minimum absolute atomic E-state index is 0.0324. The van der Waals surface area contributed by atoms with Gasteiger partial charge in [-0.2, -0.15) is 0 Å². The van der Waals surface area contributed by atoms with E-state index in [0.717, 1.165) is 34.4 Å². The number of halogens is 1. The van der Waals surface area contributed by atoms with Crippen LogP contribution in [0.3, 0.4) is 0 Å². The number of likely N-dealkylation sites (tertiary alicyclic amines) is 1. The van der Waals surface area contributed by atoms with Crippen LogP contribution in [-0.4, -0.2) is 40.1 Å². The standard InChI is InChI=1S/C22H20BrN3O4/c23-15-4-5-17-16(11-15)22(28)25(13-24-17)12-21(27)26-7-1-2-18(26)14-3-6-19-20(10-14)30-9-8-29-19/h3-6,10-11,13,18H,1-2,7-9,12H2/t18-/m0/s1. The summed E-state index contributed by atoms with van der Waals surface area (Å²) in [5.41, 5.74) is 1.42. The third-order valence-electron chi connectivity index (χ3n) is 5.62. The summed E-state index contributed by atoms with van der Waals surface area (Å²) in [6.45, 7) is 1.71. The van der Waals surface area contributed by atoms with Gasteiger partial charge >= 0.3 is 0 Å². The average Bonchev–Trinajstić information content (AvgIpc) is 3.26. The molecule has 0 N–H and O–H groups in total. The molecule has 30 heavy (non-hydrogen) atoms. The van der Waals surface area contributed by atoms with E-state index < -0.39 is 0 Å². The van der Waals surface area contributed by atoms with Crippen LogP contribution in [0.25, 0.3) is 10.9 Å². The molecule has 0 spiro atoms. The van der Waals surface area contributed by atoms with E-state index in [1.54, 1.807) is 12.1 Å². The Bertz CT molecular complexity index is 1190. The summed E-state index contributed by atoms with van der Waals surface area (Å²) >= 11 is 3.39. The van der Waals surface area contributed by atoms with Gasteiger partial charge in [0.2, 0.25) is 5.91 Å². The second-order valence-corrected chi connectivity index (χ2v) is 8.40. The molecular formula is C22H20BrN3O4. The van der Waals surface area contributed by atoms with Crippen molar-refractivity contribution in [2.45, 2.75) is 25.4 Å². The fourth-order valence-electron chi connectivity index (χ4n) is 4.16. The van der Waals surface area contributed by atoms with Crippen LogP contribution in [0, 0.1) is 0 Å². The van der Waals surface area contributed by atoms with Gasteiger partial charge in [0.1, 0.15) is 19.8 Å². The molecule has 2 aromatic carbocycles. The maximum absolute atomic E-state index is 13.1. The van der Waals surface area contributed by atoms with E-state index in [-0.39, 0.29) is 24.1 Å². The van der Waals surface area contributed by atoms with Gasteiger partial charge in [-0.25, -0.2) is 4.98 Å². The van der Waals surface area contributed by atoms with E-state index in [4.69, 9.17) is 9.47 Å². The van der Waals surface area contributed by atoms with Crippen molar-refractivity contribution in [3.8, 4) is 11.5 Å². The molecule has 3 heterocycles. The normalized spacial score (nSPS) is 18.0. The second-order valence-electron chi connectivity index (χ2n) is 7.49. The van der Waals surface area contributed by atoms with Crippen molar-refractivity contribution < 1.29 is 14.3 Å². The van der Waals surface area contributed by atoms with E-state index in [1.165, 1.54) is 10.9 Å². The van der Waals surface area contributed by atoms with E-state index in [2.05, 4.69) is 20.9 Å². The Morgan fingerprint density at radius 3 is 2.83 bits per heavy atom. The van der Waals surface area contributed by atoms with E-state index in [1.807, 2.05) is 29.2 Å². The number of hydrogen-bond donors (Lipinski definition) is 0. The van der Waals surface area contributed by atoms with Gasteiger partial charge in [0.25, 0.3) is 5.56 Å². The monoisotopic (exact) mass is 469 g/mol. The largest absolute Gasteiger partial charge is 0.486 e.